The van der Waals surface area contributed by atoms with Gasteiger partial charge >= 0.3 is 5.97 Å². The maximum absolute atomic E-state index is 12.5. The average molecular weight is 388 g/mol. The minimum Gasteiger partial charge on any atom is -0.496 e. The Bertz CT molecular complexity index is 719. The van der Waals surface area contributed by atoms with Crippen molar-refractivity contribution in [3.63, 3.8) is 0 Å². The van der Waals surface area contributed by atoms with Gasteiger partial charge in [-0.25, -0.2) is 0 Å². The van der Waals surface area contributed by atoms with Gasteiger partial charge in [-0.15, -0.1) is 0 Å². The Kier molecular flexibility index (Phi) is 6.90. The number of nitrogens with zero attached hydrogens (tertiary/aromatic N) is 1. The molecule has 2 amide bonds. The number of fused-ring (bicyclic) bond motifs is 1. The van der Waals surface area contributed by atoms with Crippen LogP contribution in [0.3, 0.4) is 0 Å². The third-order valence-electron chi connectivity index (χ3n) is 5.67. The third kappa shape index (κ3) is 4.82. The molecule has 152 valence electrons. The highest BCUT2D eigenvalue weighted by atomic mass is 16.5. The fourth-order valence-corrected chi connectivity index (χ4v) is 4.29. The molecule has 7 heteroatoms. The molecule has 1 heterocycles. The molecule has 2 aliphatic rings. The van der Waals surface area contributed by atoms with E-state index >= 15 is 0 Å². The van der Waals surface area contributed by atoms with Crippen LogP contribution in [0.5, 0.6) is 5.75 Å². The van der Waals surface area contributed by atoms with Gasteiger partial charge in [-0.05, 0) is 43.7 Å². The first kappa shape index (κ1) is 20.2. The summed E-state index contributed by atoms with van der Waals surface area (Å²) in [4.78, 5) is 38.6. The topological polar surface area (TPSA) is 84.9 Å². The summed E-state index contributed by atoms with van der Waals surface area (Å²) in [6, 6.07) is 7.04. The maximum atomic E-state index is 12.5. The van der Waals surface area contributed by atoms with Crippen LogP contribution < -0.4 is 10.1 Å². The standard InChI is InChI=1S/C21H28N2O5/c1-27-18-11-5-3-9-16(18)21(26)22-13-20(25)28-14-19(24)23-12-6-8-15-7-2-4-10-17(15)23/h3,5,9,11,15,17H,2,4,6-8,10,12-14H2,1H3,(H,22,26)/t15-,17+/m0/s1. The second kappa shape index (κ2) is 9.57. The second-order valence-electron chi connectivity index (χ2n) is 7.38. The fraction of sp³-hybridized carbons (Fsp3) is 0.571. The van der Waals surface area contributed by atoms with E-state index in [1.807, 2.05) is 4.90 Å². The van der Waals surface area contributed by atoms with Crippen LogP contribution in [0.2, 0.25) is 0 Å². The number of nitrogens with one attached hydrogen (secondary N) is 1. The van der Waals surface area contributed by atoms with Crippen molar-refractivity contribution in [1.29, 1.82) is 0 Å². The second-order valence-corrected chi connectivity index (χ2v) is 7.38. The predicted octanol–water partition coefficient (Wildman–Crippen LogP) is 2.15. The molecule has 28 heavy (non-hydrogen) atoms. The van der Waals surface area contributed by atoms with Crippen molar-refractivity contribution in [2.24, 2.45) is 5.92 Å². The van der Waals surface area contributed by atoms with Crippen molar-refractivity contribution >= 4 is 17.8 Å². The van der Waals surface area contributed by atoms with Gasteiger partial charge in [-0.3, -0.25) is 14.4 Å². The number of esters is 1. The van der Waals surface area contributed by atoms with E-state index in [9.17, 15) is 14.4 Å². The van der Waals surface area contributed by atoms with Crippen LogP contribution in [0, 0.1) is 5.92 Å². The Hall–Kier alpha value is -2.57. The summed E-state index contributed by atoms with van der Waals surface area (Å²) in [7, 11) is 1.48. The van der Waals surface area contributed by atoms with Crippen LogP contribution in [0.25, 0.3) is 0 Å². The van der Waals surface area contributed by atoms with Crippen molar-refractivity contribution in [1.82, 2.24) is 10.2 Å². The number of benzene rings is 1. The molecule has 0 radical (unpaired) electrons. The molecule has 0 bridgehead atoms. The van der Waals surface area contributed by atoms with Gasteiger partial charge in [0.15, 0.2) is 6.61 Å². The molecule has 0 aromatic heterocycles. The zero-order valence-corrected chi connectivity index (χ0v) is 16.3. The van der Waals surface area contributed by atoms with Gasteiger partial charge in [0.25, 0.3) is 11.8 Å². The van der Waals surface area contributed by atoms with Crippen molar-refractivity contribution in [3.8, 4) is 5.75 Å². The Morgan fingerprint density at radius 2 is 1.86 bits per heavy atom. The monoisotopic (exact) mass is 388 g/mol. The number of carbonyl (C=O) groups is 3. The summed E-state index contributed by atoms with van der Waals surface area (Å²) in [5, 5.41) is 2.50. The molecule has 1 aliphatic heterocycles. The van der Waals surface area contributed by atoms with Gasteiger partial charge in [-0.2, -0.15) is 0 Å². The smallest absolute Gasteiger partial charge is 0.325 e. The molecule has 1 saturated carbocycles. The number of ether oxygens (including phenoxy) is 2. The number of methoxy groups -OCH3 is 1. The largest absolute Gasteiger partial charge is 0.496 e. The highest BCUT2D eigenvalue weighted by Crippen LogP contribution is 2.35. The number of hydrogen-bond acceptors (Lipinski definition) is 5. The molecule has 0 spiro atoms. The normalized spacial score (nSPS) is 21.4. The quantitative estimate of drug-likeness (QED) is 0.755. The molecule has 3 rings (SSSR count). The van der Waals surface area contributed by atoms with E-state index < -0.39 is 11.9 Å². The minimum absolute atomic E-state index is 0.138. The van der Waals surface area contributed by atoms with Gasteiger partial charge in [0.1, 0.15) is 12.3 Å². The van der Waals surface area contributed by atoms with E-state index in [0.717, 1.165) is 25.8 Å². The van der Waals surface area contributed by atoms with Crippen LogP contribution in [0.1, 0.15) is 48.9 Å². The summed E-state index contributed by atoms with van der Waals surface area (Å²) in [5.41, 5.74) is 0.338. The fourth-order valence-electron chi connectivity index (χ4n) is 4.29. The Labute approximate surface area is 165 Å². The lowest BCUT2D eigenvalue weighted by Gasteiger charge is -2.44. The molecule has 1 saturated heterocycles. The molecule has 7 nitrogen and oxygen atoms in total. The van der Waals surface area contributed by atoms with Crippen molar-refractivity contribution in [3.05, 3.63) is 29.8 Å². The molecule has 0 unspecified atom stereocenters. The first-order chi connectivity index (χ1) is 13.6. The van der Waals surface area contributed by atoms with Gasteiger partial charge in [0.05, 0.1) is 12.7 Å². The van der Waals surface area contributed by atoms with E-state index in [4.69, 9.17) is 9.47 Å². The lowest BCUT2D eigenvalue weighted by Crippen LogP contribution is -2.51. The molecular weight excluding hydrogens is 360 g/mol. The van der Waals surface area contributed by atoms with Gasteiger partial charge in [-0.1, -0.05) is 25.0 Å². The zero-order valence-electron chi connectivity index (χ0n) is 16.3. The molecule has 2 fully saturated rings. The Balaban J connectivity index is 1.45. The molecule has 1 aromatic carbocycles. The number of para-hydroxylation sites is 1. The summed E-state index contributed by atoms with van der Waals surface area (Å²) in [6.07, 6.45) is 6.81. The van der Waals surface area contributed by atoms with Crippen LogP contribution in [-0.4, -0.2) is 55.5 Å². The van der Waals surface area contributed by atoms with Crippen molar-refractivity contribution < 1.29 is 23.9 Å². The Morgan fingerprint density at radius 1 is 1.11 bits per heavy atom. The third-order valence-corrected chi connectivity index (χ3v) is 5.67. The first-order valence-corrected chi connectivity index (χ1v) is 9.96. The molecule has 1 aliphatic carbocycles. The van der Waals surface area contributed by atoms with Crippen LogP contribution in [-0.2, 0) is 14.3 Å². The van der Waals surface area contributed by atoms with E-state index in [0.29, 0.717) is 23.3 Å². The van der Waals surface area contributed by atoms with Gasteiger partial charge in [0, 0.05) is 12.6 Å². The lowest BCUT2D eigenvalue weighted by molar-refractivity contribution is -0.154. The number of carbonyl (C=O) groups excluding carboxylic acids is 3. The Morgan fingerprint density at radius 3 is 2.68 bits per heavy atom. The summed E-state index contributed by atoms with van der Waals surface area (Å²) in [5.74, 6) is -0.186. The lowest BCUT2D eigenvalue weighted by atomic mass is 9.78. The molecular formula is C21H28N2O5. The zero-order chi connectivity index (χ0) is 19.9. The number of rotatable bonds is 6. The highest BCUT2D eigenvalue weighted by Gasteiger charge is 2.35. The summed E-state index contributed by atoms with van der Waals surface area (Å²) < 4.78 is 10.2. The van der Waals surface area contributed by atoms with Gasteiger partial charge in [0.2, 0.25) is 0 Å². The SMILES string of the molecule is COc1ccccc1C(=O)NCC(=O)OCC(=O)N1CCC[C@@H]2CCCC[C@H]21. The highest BCUT2D eigenvalue weighted by molar-refractivity contribution is 5.98. The van der Waals surface area contributed by atoms with E-state index in [1.54, 1.807) is 24.3 Å². The number of hydrogen-bond donors (Lipinski definition) is 1. The van der Waals surface area contributed by atoms with Crippen molar-refractivity contribution in [2.75, 3.05) is 26.8 Å². The van der Waals surface area contributed by atoms with Crippen molar-refractivity contribution in [2.45, 2.75) is 44.6 Å². The predicted molar refractivity (Wildman–Crippen MR) is 103 cm³/mol. The summed E-state index contributed by atoms with van der Waals surface area (Å²) in [6.45, 7) is 0.172. The summed E-state index contributed by atoms with van der Waals surface area (Å²) >= 11 is 0. The van der Waals surface area contributed by atoms with E-state index in [1.165, 1.54) is 26.4 Å². The molecule has 2 atom stereocenters. The number of piperidine rings is 1. The van der Waals surface area contributed by atoms with E-state index in [2.05, 4.69) is 5.32 Å². The van der Waals surface area contributed by atoms with Gasteiger partial charge < -0.3 is 19.7 Å². The first-order valence-electron chi connectivity index (χ1n) is 9.96. The van der Waals surface area contributed by atoms with Crippen LogP contribution >= 0.6 is 0 Å². The van der Waals surface area contributed by atoms with Crippen LogP contribution in [0.4, 0.5) is 0 Å². The number of amides is 2. The average Bonchev–Trinajstić information content (AvgIpc) is 2.75. The number of likely N-dealkylation sites (tertiary alicyclic amines) is 1. The minimum atomic E-state index is -0.631. The van der Waals surface area contributed by atoms with Crippen LogP contribution in [0.15, 0.2) is 24.3 Å². The molecule has 1 aromatic rings. The van der Waals surface area contributed by atoms with E-state index in [-0.39, 0.29) is 19.1 Å². The maximum Gasteiger partial charge on any atom is 0.325 e. The molecule has 1 N–H and O–H groups in total.